The predicted molar refractivity (Wildman–Crippen MR) is 84.4 cm³/mol. The van der Waals surface area contributed by atoms with Crippen molar-refractivity contribution in [3.63, 3.8) is 0 Å². The monoisotopic (exact) mass is 294 g/mol. The van der Waals surface area contributed by atoms with Crippen LogP contribution >= 0.6 is 12.4 Å². The Hall–Kier alpha value is -1.06. The fourth-order valence-electron chi connectivity index (χ4n) is 3.52. The van der Waals surface area contributed by atoms with Crippen LogP contribution in [-0.2, 0) is 4.79 Å². The van der Waals surface area contributed by atoms with E-state index in [4.69, 9.17) is 0 Å². The number of amides is 1. The lowest BCUT2D eigenvalue weighted by atomic mass is 9.85. The van der Waals surface area contributed by atoms with Crippen LogP contribution in [-0.4, -0.2) is 25.0 Å². The number of anilines is 1. The summed E-state index contributed by atoms with van der Waals surface area (Å²) in [5.41, 5.74) is 0.976. The van der Waals surface area contributed by atoms with Crippen molar-refractivity contribution in [2.24, 2.45) is 5.92 Å². The molecule has 1 heterocycles. The Morgan fingerprint density at radius 1 is 1.20 bits per heavy atom. The van der Waals surface area contributed by atoms with Crippen LogP contribution in [0.25, 0.3) is 0 Å². The zero-order chi connectivity index (χ0) is 13.2. The van der Waals surface area contributed by atoms with Crippen molar-refractivity contribution in [2.45, 2.75) is 44.2 Å². The maximum atomic E-state index is 12.6. The minimum Gasteiger partial charge on any atom is -0.314 e. The van der Waals surface area contributed by atoms with Gasteiger partial charge in [-0.05, 0) is 37.3 Å². The molecule has 2 fully saturated rings. The van der Waals surface area contributed by atoms with Gasteiger partial charge in [0.2, 0.25) is 5.91 Å². The highest BCUT2D eigenvalue weighted by molar-refractivity contribution is 5.96. The Labute approximate surface area is 127 Å². The normalized spacial score (nSPS) is 28.4. The van der Waals surface area contributed by atoms with E-state index in [1.807, 2.05) is 37.4 Å². The largest absolute Gasteiger partial charge is 0.314 e. The standard InChI is InChI=1S/C16H22N2O.ClH/c1-18(13-8-3-2-4-9-13)16(19)15-11-12-7-5-6-10-14(12)17-15;/h2-4,8-9,12,14-15,17H,5-7,10-11H2,1H3;1H. The van der Waals surface area contributed by atoms with Gasteiger partial charge in [-0.1, -0.05) is 31.0 Å². The number of likely N-dealkylation sites (N-methyl/N-ethyl adjacent to an activating group) is 1. The predicted octanol–water partition coefficient (Wildman–Crippen LogP) is 2.99. The molecular weight excluding hydrogens is 272 g/mol. The van der Waals surface area contributed by atoms with Gasteiger partial charge in [-0.2, -0.15) is 0 Å². The molecule has 1 N–H and O–H groups in total. The van der Waals surface area contributed by atoms with E-state index in [1.165, 1.54) is 25.7 Å². The van der Waals surface area contributed by atoms with Gasteiger partial charge in [-0.25, -0.2) is 0 Å². The summed E-state index contributed by atoms with van der Waals surface area (Å²) in [6.07, 6.45) is 6.18. The van der Waals surface area contributed by atoms with Gasteiger partial charge in [0.1, 0.15) is 0 Å². The molecule has 1 amide bonds. The first-order valence-corrected chi connectivity index (χ1v) is 7.34. The van der Waals surface area contributed by atoms with Crippen molar-refractivity contribution in [3.05, 3.63) is 30.3 Å². The van der Waals surface area contributed by atoms with Gasteiger partial charge < -0.3 is 10.2 Å². The number of nitrogens with zero attached hydrogens (tertiary/aromatic N) is 1. The van der Waals surface area contributed by atoms with Crippen LogP contribution in [0.3, 0.4) is 0 Å². The third-order valence-electron chi connectivity index (χ3n) is 4.63. The molecule has 2 aliphatic rings. The van der Waals surface area contributed by atoms with Crippen molar-refractivity contribution >= 4 is 24.0 Å². The molecule has 1 saturated heterocycles. The molecule has 0 bridgehead atoms. The highest BCUT2D eigenvalue weighted by Crippen LogP contribution is 2.33. The maximum Gasteiger partial charge on any atom is 0.243 e. The Morgan fingerprint density at radius 3 is 2.60 bits per heavy atom. The summed E-state index contributed by atoms with van der Waals surface area (Å²) in [4.78, 5) is 14.3. The van der Waals surface area contributed by atoms with Crippen LogP contribution in [0.1, 0.15) is 32.1 Å². The third-order valence-corrected chi connectivity index (χ3v) is 4.63. The lowest BCUT2D eigenvalue weighted by Gasteiger charge is -2.24. The smallest absolute Gasteiger partial charge is 0.243 e. The first-order valence-electron chi connectivity index (χ1n) is 7.34. The van der Waals surface area contributed by atoms with Crippen molar-refractivity contribution in [1.29, 1.82) is 0 Å². The van der Waals surface area contributed by atoms with E-state index >= 15 is 0 Å². The van der Waals surface area contributed by atoms with Crippen molar-refractivity contribution in [3.8, 4) is 0 Å². The van der Waals surface area contributed by atoms with E-state index in [9.17, 15) is 4.79 Å². The second-order valence-corrected chi connectivity index (χ2v) is 5.84. The molecular formula is C16H23ClN2O. The number of fused-ring (bicyclic) bond motifs is 1. The second kappa shape index (κ2) is 6.59. The second-order valence-electron chi connectivity index (χ2n) is 5.84. The average molecular weight is 295 g/mol. The molecule has 0 aromatic heterocycles. The third kappa shape index (κ3) is 2.99. The maximum absolute atomic E-state index is 12.6. The molecule has 0 spiro atoms. The molecule has 0 radical (unpaired) electrons. The average Bonchev–Trinajstić information content (AvgIpc) is 2.90. The number of hydrogen-bond donors (Lipinski definition) is 1. The summed E-state index contributed by atoms with van der Waals surface area (Å²) in [7, 11) is 1.88. The van der Waals surface area contributed by atoms with Crippen LogP contribution in [0.5, 0.6) is 0 Å². The van der Waals surface area contributed by atoms with E-state index < -0.39 is 0 Å². The number of carbonyl (C=O) groups excluding carboxylic acids is 1. The molecule has 20 heavy (non-hydrogen) atoms. The molecule has 3 unspecified atom stereocenters. The Balaban J connectivity index is 0.00000147. The molecule has 4 heteroatoms. The van der Waals surface area contributed by atoms with Gasteiger partial charge in [0.15, 0.2) is 0 Å². The highest BCUT2D eigenvalue weighted by atomic mass is 35.5. The van der Waals surface area contributed by atoms with E-state index in [-0.39, 0.29) is 24.4 Å². The molecule has 1 aliphatic heterocycles. The Morgan fingerprint density at radius 2 is 1.90 bits per heavy atom. The van der Waals surface area contributed by atoms with Gasteiger partial charge in [0.05, 0.1) is 6.04 Å². The fourth-order valence-corrected chi connectivity index (χ4v) is 3.52. The summed E-state index contributed by atoms with van der Waals surface area (Å²) < 4.78 is 0. The molecule has 3 atom stereocenters. The summed E-state index contributed by atoms with van der Waals surface area (Å²) in [5.74, 6) is 0.924. The first kappa shape index (κ1) is 15.3. The van der Waals surface area contributed by atoms with Crippen LogP contribution in [0, 0.1) is 5.92 Å². The first-order chi connectivity index (χ1) is 9.25. The van der Waals surface area contributed by atoms with Gasteiger partial charge >= 0.3 is 0 Å². The number of para-hydroxylation sites is 1. The number of rotatable bonds is 2. The minimum atomic E-state index is 0. The molecule has 3 nitrogen and oxygen atoms in total. The molecule has 1 saturated carbocycles. The van der Waals surface area contributed by atoms with Gasteiger partial charge in [0.25, 0.3) is 0 Å². The Kier molecular flexibility index (Phi) is 5.06. The van der Waals surface area contributed by atoms with Gasteiger partial charge in [0, 0.05) is 18.8 Å². The van der Waals surface area contributed by atoms with E-state index in [0.29, 0.717) is 12.0 Å². The number of carbonyl (C=O) groups is 1. The van der Waals surface area contributed by atoms with E-state index in [1.54, 1.807) is 4.90 Å². The number of nitrogens with one attached hydrogen (secondary N) is 1. The molecule has 3 rings (SSSR count). The van der Waals surface area contributed by atoms with Gasteiger partial charge in [-0.15, -0.1) is 12.4 Å². The molecule has 110 valence electrons. The summed E-state index contributed by atoms with van der Waals surface area (Å²) in [6.45, 7) is 0. The number of halogens is 1. The fraction of sp³-hybridized carbons (Fsp3) is 0.562. The SMILES string of the molecule is CN(C(=O)C1CC2CCCCC2N1)c1ccccc1.Cl. The summed E-state index contributed by atoms with van der Waals surface area (Å²) in [6, 6.07) is 10.5. The summed E-state index contributed by atoms with van der Waals surface area (Å²) in [5, 5.41) is 3.55. The van der Waals surface area contributed by atoms with Gasteiger partial charge in [-0.3, -0.25) is 4.79 Å². The van der Waals surface area contributed by atoms with Crippen molar-refractivity contribution in [2.75, 3.05) is 11.9 Å². The molecule has 1 aromatic rings. The van der Waals surface area contributed by atoms with Crippen LogP contribution in [0.4, 0.5) is 5.69 Å². The quantitative estimate of drug-likeness (QED) is 0.909. The van der Waals surface area contributed by atoms with E-state index in [2.05, 4.69) is 5.32 Å². The lowest BCUT2D eigenvalue weighted by Crippen LogP contribution is -2.44. The zero-order valence-electron chi connectivity index (χ0n) is 11.9. The lowest BCUT2D eigenvalue weighted by molar-refractivity contribution is -0.120. The minimum absolute atomic E-state index is 0. The zero-order valence-corrected chi connectivity index (χ0v) is 12.7. The topological polar surface area (TPSA) is 32.3 Å². The van der Waals surface area contributed by atoms with Crippen LogP contribution in [0.2, 0.25) is 0 Å². The van der Waals surface area contributed by atoms with E-state index in [0.717, 1.165) is 12.1 Å². The molecule has 1 aliphatic carbocycles. The summed E-state index contributed by atoms with van der Waals surface area (Å²) >= 11 is 0. The van der Waals surface area contributed by atoms with Crippen molar-refractivity contribution in [1.82, 2.24) is 5.32 Å². The molecule has 1 aromatic carbocycles. The highest BCUT2D eigenvalue weighted by Gasteiger charge is 2.39. The number of hydrogen-bond acceptors (Lipinski definition) is 2. The Bertz CT molecular complexity index is 437. The van der Waals surface area contributed by atoms with Crippen LogP contribution < -0.4 is 10.2 Å². The van der Waals surface area contributed by atoms with Crippen molar-refractivity contribution < 1.29 is 4.79 Å². The number of benzene rings is 1. The van der Waals surface area contributed by atoms with Crippen LogP contribution in [0.15, 0.2) is 30.3 Å².